The quantitative estimate of drug-likeness (QED) is 0.839. The van der Waals surface area contributed by atoms with E-state index in [9.17, 15) is 4.79 Å². The van der Waals surface area contributed by atoms with E-state index in [0.29, 0.717) is 24.8 Å². The van der Waals surface area contributed by atoms with Crippen molar-refractivity contribution in [3.05, 3.63) is 29.8 Å². The number of aryl methyl sites for hydroxylation is 1. The van der Waals surface area contributed by atoms with Gasteiger partial charge in [0, 0.05) is 24.8 Å². The number of benzene rings is 1. The number of carbonyl (C=O) groups excluding carboxylic acids is 1. The van der Waals surface area contributed by atoms with Crippen LogP contribution in [0.2, 0.25) is 0 Å². The molecule has 1 saturated heterocycles. The molecule has 5 nitrogen and oxygen atoms in total. The highest BCUT2D eigenvalue weighted by molar-refractivity contribution is 7.80. The molecule has 120 valence electrons. The molecule has 0 saturated carbocycles. The van der Waals surface area contributed by atoms with Crippen molar-refractivity contribution in [3.8, 4) is 0 Å². The minimum absolute atomic E-state index is 0.221. The Balaban J connectivity index is 1.76. The highest BCUT2D eigenvalue weighted by Crippen LogP contribution is 2.13. The van der Waals surface area contributed by atoms with Gasteiger partial charge in [-0.1, -0.05) is 12.1 Å². The van der Waals surface area contributed by atoms with E-state index in [0.717, 1.165) is 18.5 Å². The second-order valence-electron chi connectivity index (χ2n) is 5.43. The Hall–Kier alpha value is -1.82. The lowest BCUT2D eigenvalue weighted by molar-refractivity contribution is 0.0964. The molecule has 1 aromatic rings. The maximum atomic E-state index is 11.6. The maximum absolute atomic E-state index is 11.6. The summed E-state index contributed by atoms with van der Waals surface area (Å²) in [6.07, 6.45) is 1.52. The second kappa shape index (κ2) is 7.98. The van der Waals surface area contributed by atoms with Gasteiger partial charge < -0.3 is 20.3 Å². The number of hydrogen-bond acceptors (Lipinski definition) is 3. The third kappa shape index (κ3) is 4.87. The number of nitrogens with zero attached hydrogens (tertiary/aromatic N) is 1. The molecule has 0 aromatic heterocycles. The van der Waals surface area contributed by atoms with Crippen LogP contribution in [-0.2, 0) is 4.74 Å². The zero-order valence-corrected chi connectivity index (χ0v) is 13.9. The van der Waals surface area contributed by atoms with Crippen LogP contribution in [-0.4, -0.2) is 41.8 Å². The number of amides is 1. The average Bonchev–Trinajstić information content (AvgIpc) is 2.48. The minimum Gasteiger partial charge on any atom is -0.450 e. The fraction of sp³-hybridized carbons (Fsp3) is 0.500. The number of likely N-dealkylation sites (tertiary alicyclic amines) is 1. The first-order valence-electron chi connectivity index (χ1n) is 7.64. The van der Waals surface area contributed by atoms with E-state index in [4.69, 9.17) is 17.0 Å². The summed E-state index contributed by atoms with van der Waals surface area (Å²) >= 11 is 5.36. The summed E-state index contributed by atoms with van der Waals surface area (Å²) in [6.45, 7) is 5.68. The molecular formula is C16H23N3O2S. The summed E-state index contributed by atoms with van der Waals surface area (Å²) in [7, 11) is 0. The molecule has 22 heavy (non-hydrogen) atoms. The van der Waals surface area contributed by atoms with Gasteiger partial charge in [-0.3, -0.25) is 0 Å². The standard InChI is InChI=1S/C16H23N3O2S/c1-3-21-16(20)19-9-7-13(8-10-19)17-15(22)18-14-6-4-5-12(2)11-14/h4-6,11,13H,3,7-10H2,1-2H3,(H2,17,18,22). The van der Waals surface area contributed by atoms with Crippen LogP contribution in [0.1, 0.15) is 25.3 Å². The van der Waals surface area contributed by atoms with Crippen molar-refractivity contribution in [2.24, 2.45) is 0 Å². The van der Waals surface area contributed by atoms with Gasteiger partial charge in [0.25, 0.3) is 0 Å². The zero-order valence-electron chi connectivity index (χ0n) is 13.1. The van der Waals surface area contributed by atoms with E-state index < -0.39 is 0 Å². The Kier molecular flexibility index (Phi) is 6.00. The van der Waals surface area contributed by atoms with Gasteiger partial charge in [-0.15, -0.1) is 0 Å². The van der Waals surface area contributed by atoms with Crippen molar-refractivity contribution in [1.82, 2.24) is 10.2 Å². The highest BCUT2D eigenvalue weighted by Gasteiger charge is 2.23. The number of rotatable bonds is 3. The van der Waals surface area contributed by atoms with Gasteiger partial charge in [0.1, 0.15) is 0 Å². The summed E-state index contributed by atoms with van der Waals surface area (Å²) in [6, 6.07) is 8.38. The van der Waals surface area contributed by atoms with Gasteiger partial charge in [0.2, 0.25) is 0 Å². The van der Waals surface area contributed by atoms with Crippen LogP contribution in [0.15, 0.2) is 24.3 Å². The predicted molar refractivity (Wildman–Crippen MR) is 92.2 cm³/mol. The van der Waals surface area contributed by atoms with Gasteiger partial charge in [0.05, 0.1) is 6.61 Å². The number of nitrogens with one attached hydrogen (secondary N) is 2. The van der Waals surface area contributed by atoms with Crippen LogP contribution in [0.4, 0.5) is 10.5 Å². The Bertz CT molecular complexity index is 528. The fourth-order valence-electron chi connectivity index (χ4n) is 2.50. The molecule has 0 spiro atoms. The summed E-state index contributed by atoms with van der Waals surface area (Å²) in [5.41, 5.74) is 2.18. The molecule has 2 N–H and O–H groups in total. The van der Waals surface area contributed by atoms with Crippen molar-refractivity contribution in [2.75, 3.05) is 25.0 Å². The SMILES string of the molecule is CCOC(=O)N1CCC(NC(=S)Nc2cccc(C)c2)CC1. The highest BCUT2D eigenvalue weighted by atomic mass is 32.1. The molecule has 6 heteroatoms. The number of carbonyl (C=O) groups is 1. The van der Waals surface area contributed by atoms with Crippen molar-refractivity contribution < 1.29 is 9.53 Å². The molecule has 1 heterocycles. The number of anilines is 1. The van der Waals surface area contributed by atoms with Crippen LogP contribution in [0.25, 0.3) is 0 Å². The van der Waals surface area contributed by atoms with E-state index >= 15 is 0 Å². The topological polar surface area (TPSA) is 53.6 Å². The fourth-order valence-corrected chi connectivity index (χ4v) is 2.78. The number of piperidine rings is 1. The summed E-state index contributed by atoms with van der Waals surface area (Å²) in [5, 5.41) is 7.14. The second-order valence-corrected chi connectivity index (χ2v) is 5.84. The number of ether oxygens (including phenoxy) is 1. The normalized spacial score (nSPS) is 15.3. The Morgan fingerprint density at radius 1 is 1.41 bits per heavy atom. The molecule has 0 bridgehead atoms. The molecule has 1 aliphatic rings. The Morgan fingerprint density at radius 3 is 2.77 bits per heavy atom. The third-order valence-electron chi connectivity index (χ3n) is 3.63. The van der Waals surface area contributed by atoms with Crippen LogP contribution in [0.5, 0.6) is 0 Å². The van der Waals surface area contributed by atoms with Gasteiger partial charge in [-0.25, -0.2) is 4.79 Å². The molecule has 1 fully saturated rings. The van der Waals surface area contributed by atoms with Gasteiger partial charge >= 0.3 is 6.09 Å². The third-order valence-corrected chi connectivity index (χ3v) is 3.85. The van der Waals surface area contributed by atoms with Crippen molar-refractivity contribution >= 4 is 29.1 Å². The molecule has 0 atom stereocenters. The maximum Gasteiger partial charge on any atom is 0.409 e. The lowest BCUT2D eigenvalue weighted by Gasteiger charge is -2.32. The molecule has 0 unspecified atom stereocenters. The Morgan fingerprint density at radius 2 is 2.14 bits per heavy atom. The van der Waals surface area contributed by atoms with Crippen LogP contribution in [0.3, 0.4) is 0 Å². The van der Waals surface area contributed by atoms with Crippen LogP contribution in [0, 0.1) is 6.92 Å². The van der Waals surface area contributed by atoms with E-state index in [1.807, 2.05) is 32.0 Å². The van der Waals surface area contributed by atoms with Crippen molar-refractivity contribution in [3.63, 3.8) is 0 Å². The van der Waals surface area contributed by atoms with E-state index in [1.54, 1.807) is 4.90 Å². The predicted octanol–water partition coefficient (Wildman–Crippen LogP) is 2.90. The van der Waals surface area contributed by atoms with E-state index in [2.05, 4.69) is 16.7 Å². The Labute approximate surface area is 137 Å². The molecule has 0 radical (unpaired) electrons. The first-order valence-corrected chi connectivity index (χ1v) is 8.05. The molecule has 1 aliphatic heterocycles. The number of thiocarbonyl (C=S) groups is 1. The smallest absolute Gasteiger partial charge is 0.409 e. The first-order chi connectivity index (χ1) is 10.6. The molecule has 0 aliphatic carbocycles. The summed E-state index contributed by atoms with van der Waals surface area (Å²) < 4.78 is 5.02. The number of hydrogen-bond donors (Lipinski definition) is 2. The van der Waals surface area contributed by atoms with Crippen molar-refractivity contribution in [1.29, 1.82) is 0 Å². The summed E-state index contributed by atoms with van der Waals surface area (Å²) in [4.78, 5) is 13.4. The molecule has 1 amide bonds. The van der Waals surface area contributed by atoms with Gasteiger partial charge in [-0.05, 0) is 56.6 Å². The monoisotopic (exact) mass is 321 g/mol. The zero-order chi connectivity index (χ0) is 15.9. The molecule has 1 aromatic carbocycles. The largest absolute Gasteiger partial charge is 0.450 e. The summed E-state index contributed by atoms with van der Waals surface area (Å²) in [5.74, 6) is 0. The van der Waals surface area contributed by atoms with Crippen molar-refractivity contribution in [2.45, 2.75) is 32.7 Å². The first kappa shape index (κ1) is 16.5. The minimum atomic E-state index is -0.221. The average molecular weight is 321 g/mol. The van der Waals surface area contributed by atoms with Gasteiger partial charge in [-0.2, -0.15) is 0 Å². The lowest BCUT2D eigenvalue weighted by atomic mass is 10.1. The molecular weight excluding hydrogens is 298 g/mol. The van der Waals surface area contributed by atoms with E-state index in [1.165, 1.54) is 5.56 Å². The van der Waals surface area contributed by atoms with Crippen LogP contribution < -0.4 is 10.6 Å². The van der Waals surface area contributed by atoms with Crippen LogP contribution >= 0.6 is 12.2 Å². The van der Waals surface area contributed by atoms with E-state index in [-0.39, 0.29) is 12.1 Å². The lowest BCUT2D eigenvalue weighted by Crippen LogP contribution is -2.47. The van der Waals surface area contributed by atoms with Gasteiger partial charge in [0.15, 0.2) is 5.11 Å². The molecule has 2 rings (SSSR count).